The van der Waals surface area contributed by atoms with Crippen LogP contribution in [0, 0.1) is 0 Å². The summed E-state index contributed by atoms with van der Waals surface area (Å²) in [5.41, 5.74) is 0.778. The van der Waals surface area contributed by atoms with Gasteiger partial charge in [-0.25, -0.2) is 9.97 Å². The summed E-state index contributed by atoms with van der Waals surface area (Å²) in [4.78, 5) is 12.0. The second-order valence-corrected chi connectivity index (χ2v) is 2.39. The maximum atomic E-state index is 4.05. The van der Waals surface area contributed by atoms with Crippen LogP contribution in [-0.4, -0.2) is 22.0 Å². The van der Waals surface area contributed by atoms with Gasteiger partial charge in [0.05, 0.1) is 11.7 Å². The van der Waals surface area contributed by atoms with Crippen LogP contribution >= 0.6 is 0 Å². The molecule has 2 aromatic heterocycles. The van der Waals surface area contributed by atoms with E-state index in [0.29, 0.717) is 5.82 Å². The van der Waals surface area contributed by atoms with Gasteiger partial charge < -0.3 is 0 Å². The lowest BCUT2D eigenvalue weighted by atomic mass is 10.3. The van der Waals surface area contributed by atoms with E-state index in [1.54, 1.807) is 19.4 Å². The van der Waals surface area contributed by atoms with Crippen molar-refractivity contribution in [3.63, 3.8) is 0 Å². The largest absolute Gasteiger partial charge is 0.262 e. The molecule has 2 heterocycles. The quantitative estimate of drug-likeness (QED) is 0.617. The van der Waals surface area contributed by atoms with Crippen LogP contribution in [0.3, 0.4) is 0 Å². The van der Waals surface area contributed by atoms with Crippen molar-refractivity contribution in [1.29, 1.82) is 0 Å². The highest BCUT2D eigenvalue weighted by Gasteiger charge is 2.00. The summed E-state index contributed by atoms with van der Waals surface area (Å²) in [6, 6.07) is 1.82. The zero-order chi connectivity index (χ0) is 9.10. The highest BCUT2D eigenvalue weighted by atomic mass is 15.1. The monoisotopic (exact) mass is 173 g/mol. The van der Waals surface area contributed by atoms with Crippen LogP contribution in [0.25, 0.3) is 10.9 Å². The molecule has 0 bridgehead atoms. The van der Waals surface area contributed by atoms with Crippen LogP contribution in [0.4, 0.5) is 5.82 Å². The van der Waals surface area contributed by atoms with Crippen molar-refractivity contribution in [2.75, 3.05) is 7.05 Å². The third-order valence-corrected chi connectivity index (χ3v) is 1.61. The summed E-state index contributed by atoms with van der Waals surface area (Å²) < 4.78 is 0. The first kappa shape index (κ1) is 7.72. The molecule has 0 amide bonds. The summed E-state index contributed by atoms with van der Waals surface area (Å²) in [5, 5.41) is 8.42. The minimum Gasteiger partial charge on any atom is -0.262 e. The fourth-order valence-electron chi connectivity index (χ4n) is 1.07. The average Bonchev–Trinajstić information content (AvgIpc) is 2.19. The molecular weight excluding hydrogens is 166 g/mol. The van der Waals surface area contributed by atoms with Gasteiger partial charge in [0.1, 0.15) is 6.33 Å². The first-order valence-corrected chi connectivity index (χ1v) is 3.76. The van der Waals surface area contributed by atoms with E-state index in [1.807, 2.05) is 6.07 Å². The maximum absolute atomic E-state index is 4.05. The van der Waals surface area contributed by atoms with E-state index in [0.717, 1.165) is 10.9 Å². The zero-order valence-electron chi connectivity index (χ0n) is 7.05. The lowest BCUT2D eigenvalue weighted by molar-refractivity contribution is 1.10. The van der Waals surface area contributed by atoms with Gasteiger partial charge in [0, 0.05) is 18.6 Å². The van der Waals surface area contributed by atoms with E-state index in [1.165, 1.54) is 6.33 Å². The molecule has 64 valence electrons. The molecule has 0 atom stereocenters. The molecule has 0 saturated carbocycles. The van der Waals surface area contributed by atoms with Crippen LogP contribution in [0.15, 0.2) is 35.0 Å². The predicted molar refractivity (Wildman–Crippen MR) is 47.8 cm³/mol. The molecule has 0 radical (unpaired) electrons. The minimum absolute atomic E-state index is 0.579. The number of hydrogen-bond donors (Lipinski definition) is 0. The van der Waals surface area contributed by atoms with Crippen molar-refractivity contribution in [3.8, 4) is 0 Å². The van der Waals surface area contributed by atoms with Crippen molar-refractivity contribution in [1.82, 2.24) is 15.0 Å². The van der Waals surface area contributed by atoms with Gasteiger partial charge >= 0.3 is 0 Å². The summed E-state index contributed by atoms with van der Waals surface area (Å²) in [6.45, 7) is 0. The lowest BCUT2D eigenvalue weighted by Gasteiger charge is -1.96. The first-order chi connectivity index (χ1) is 6.42. The molecule has 0 aliphatic rings. The van der Waals surface area contributed by atoms with Gasteiger partial charge in [-0.1, -0.05) is 0 Å². The lowest BCUT2D eigenvalue weighted by Crippen LogP contribution is -1.83. The van der Waals surface area contributed by atoms with Gasteiger partial charge in [-0.15, -0.1) is 5.11 Å². The molecule has 13 heavy (non-hydrogen) atoms. The van der Waals surface area contributed by atoms with Gasteiger partial charge in [-0.2, -0.15) is 5.11 Å². The molecule has 5 nitrogen and oxygen atoms in total. The zero-order valence-corrected chi connectivity index (χ0v) is 7.05. The van der Waals surface area contributed by atoms with Gasteiger partial charge in [-0.3, -0.25) is 4.98 Å². The molecule has 2 aromatic rings. The van der Waals surface area contributed by atoms with Crippen molar-refractivity contribution in [3.05, 3.63) is 24.8 Å². The smallest absolute Gasteiger partial charge is 0.185 e. The maximum Gasteiger partial charge on any atom is 0.185 e. The molecule has 0 unspecified atom stereocenters. The fraction of sp³-hybridized carbons (Fsp3) is 0.125. The number of fused-ring (bicyclic) bond motifs is 1. The highest BCUT2D eigenvalue weighted by Crippen LogP contribution is 2.19. The highest BCUT2D eigenvalue weighted by molar-refractivity contribution is 5.86. The van der Waals surface area contributed by atoms with Gasteiger partial charge in [0.15, 0.2) is 5.82 Å². The Hall–Kier alpha value is -1.91. The molecule has 0 N–H and O–H groups in total. The molecule has 0 spiro atoms. The third kappa shape index (κ3) is 1.35. The van der Waals surface area contributed by atoms with E-state index in [2.05, 4.69) is 25.2 Å². The Bertz CT molecular complexity index is 446. The molecule has 0 fully saturated rings. The number of rotatable bonds is 1. The SMILES string of the molecule is CN=Nc1ncnc2cnccc12. The molecule has 5 heteroatoms. The van der Waals surface area contributed by atoms with Crippen LogP contribution < -0.4 is 0 Å². The first-order valence-electron chi connectivity index (χ1n) is 3.76. The molecule has 0 aliphatic carbocycles. The minimum atomic E-state index is 0.579. The van der Waals surface area contributed by atoms with Crippen molar-refractivity contribution in [2.24, 2.45) is 10.2 Å². The van der Waals surface area contributed by atoms with E-state index in [-0.39, 0.29) is 0 Å². The topological polar surface area (TPSA) is 63.4 Å². The van der Waals surface area contributed by atoms with Crippen molar-refractivity contribution in [2.45, 2.75) is 0 Å². The standard InChI is InChI=1S/C8H7N5/c1-9-13-8-6-2-3-10-4-7(6)11-5-12-8/h2-5H,1H3. The molecule has 0 aliphatic heterocycles. The van der Waals surface area contributed by atoms with E-state index in [9.17, 15) is 0 Å². The summed E-state index contributed by atoms with van der Waals surface area (Å²) in [6.07, 6.45) is 4.81. The third-order valence-electron chi connectivity index (χ3n) is 1.61. The van der Waals surface area contributed by atoms with Crippen LogP contribution in [0.5, 0.6) is 0 Å². The summed E-state index contributed by atoms with van der Waals surface area (Å²) >= 11 is 0. The van der Waals surface area contributed by atoms with Gasteiger partial charge in [0.2, 0.25) is 0 Å². The number of hydrogen-bond acceptors (Lipinski definition) is 5. The summed E-state index contributed by atoms with van der Waals surface area (Å²) in [7, 11) is 1.61. The van der Waals surface area contributed by atoms with Crippen molar-refractivity contribution >= 4 is 16.7 Å². The number of azo groups is 1. The van der Waals surface area contributed by atoms with Crippen LogP contribution in [0.1, 0.15) is 0 Å². The van der Waals surface area contributed by atoms with Gasteiger partial charge in [-0.05, 0) is 6.07 Å². The van der Waals surface area contributed by atoms with Crippen LogP contribution in [0.2, 0.25) is 0 Å². The normalized spacial score (nSPS) is 11.2. The fourth-order valence-corrected chi connectivity index (χ4v) is 1.07. The van der Waals surface area contributed by atoms with E-state index < -0.39 is 0 Å². The molecule has 2 rings (SSSR count). The Morgan fingerprint density at radius 1 is 1.31 bits per heavy atom. The second-order valence-electron chi connectivity index (χ2n) is 2.39. The Kier molecular flexibility index (Phi) is 1.91. The molecule has 0 aromatic carbocycles. The second kappa shape index (κ2) is 3.22. The Balaban J connectivity index is 2.75. The number of aromatic nitrogens is 3. The average molecular weight is 173 g/mol. The predicted octanol–water partition coefficient (Wildman–Crippen LogP) is 1.74. The van der Waals surface area contributed by atoms with E-state index in [4.69, 9.17) is 0 Å². The Morgan fingerprint density at radius 3 is 3.08 bits per heavy atom. The number of nitrogens with zero attached hydrogens (tertiary/aromatic N) is 5. The van der Waals surface area contributed by atoms with Crippen molar-refractivity contribution < 1.29 is 0 Å². The molecular formula is C8H7N5. The Morgan fingerprint density at radius 2 is 2.23 bits per heavy atom. The Labute approximate surface area is 74.6 Å². The van der Waals surface area contributed by atoms with Crippen LogP contribution in [-0.2, 0) is 0 Å². The number of pyridine rings is 1. The van der Waals surface area contributed by atoms with E-state index >= 15 is 0 Å². The molecule has 0 saturated heterocycles. The van der Waals surface area contributed by atoms with Gasteiger partial charge in [0.25, 0.3) is 0 Å². The summed E-state index contributed by atoms with van der Waals surface area (Å²) in [5.74, 6) is 0.579.